The molecular weight excluding hydrogens is 290 g/mol. The van der Waals surface area contributed by atoms with E-state index in [1.54, 1.807) is 42.3 Å². The monoisotopic (exact) mass is 303 g/mol. The van der Waals surface area contributed by atoms with Crippen molar-refractivity contribution in [1.29, 1.82) is 0 Å². The molecule has 21 heavy (non-hydrogen) atoms. The molecule has 0 saturated heterocycles. The number of fused-ring (bicyclic) bond motifs is 1. The molecule has 0 aromatic heterocycles. The van der Waals surface area contributed by atoms with Gasteiger partial charge < -0.3 is 14.4 Å². The highest BCUT2D eigenvalue weighted by molar-refractivity contribution is 6.31. The van der Waals surface area contributed by atoms with Crippen molar-refractivity contribution in [2.24, 2.45) is 0 Å². The normalized spacial score (nSPS) is 12.9. The van der Waals surface area contributed by atoms with Gasteiger partial charge in [0, 0.05) is 17.8 Å². The first-order valence-electron chi connectivity index (χ1n) is 6.59. The van der Waals surface area contributed by atoms with Crippen molar-refractivity contribution in [3.8, 4) is 11.5 Å². The Kier molecular flexibility index (Phi) is 3.71. The molecule has 1 aliphatic rings. The molecule has 0 aliphatic carbocycles. The number of para-hydroxylation sites is 1. The van der Waals surface area contributed by atoms with Gasteiger partial charge in [-0.15, -0.1) is 0 Å². The van der Waals surface area contributed by atoms with E-state index in [9.17, 15) is 4.79 Å². The van der Waals surface area contributed by atoms with E-state index in [4.69, 9.17) is 21.1 Å². The van der Waals surface area contributed by atoms with Gasteiger partial charge >= 0.3 is 0 Å². The Bertz CT molecular complexity index is 687. The van der Waals surface area contributed by atoms with Gasteiger partial charge in [0.05, 0.1) is 5.56 Å². The maximum atomic E-state index is 12.7. The highest BCUT2D eigenvalue weighted by Crippen LogP contribution is 2.34. The summed E-state index contributed by atoms with van der Waals surface area (Å²) in [5, 5.41) is 0.585. The number of amides is 1. The molecule has 0 bridgehead atoms. The molecule has 108 valence electrons. The van der Waals surface area contributed by atoms with Crippen LogP contribution < -0.4 is 14.4 Å². The molecular formula is C16H14ClNO3. The standard InChI is InChI=1S/C16H14ClNO3/c1-18(12-5-2-4-11(17)10-12)16(19)13-6-3-7-14-15(13)21-9-8-20-14/h2-7,10H,8-9H2,1H3. The van der Waals surface area contributed by atoms with Crippen molar-refractivity contribution in [2.45, 2.75) is 0 Å². The number of carbonyl (C=O) groups is 1. The van der Waals surface area contributed by atoms with E-state index in [2.05, 4.69) is 0 Å². The first-order chi connectivity index (χ1) is 10.2. The lowest BCUT2D eigenvalue weighted by molar-refractivity contribution is 0.0982. The lowest BCUT2D eigenvalue weighted by Crippen LogP contribution is -2.28. The Labute approximate surface area is 127 Å². The average Bonchev–Trinajstić information content (AvgIpc) is 2.53. The summed E-state index contributed by atoms with van der Waals surface area (Å²) in [5.41, 5.74) is 1.21. The number of benzene rings is 2. The van der Waals surface area contributed by atoms with Gasteiger partial charge in [-0.05, 0) is 30.3 Å². The number of hydrogen-bond donors (Lipinski definition) is 0. The van der Waals surface area contributed by atoms with Gasteiger partial charge in [0.1, 0.15) is 13.2 Å². The zero-order chi connectivity index (χ0) is 14.8. The second-order valence-corrected chi connectivity index (χ2v) is 5.11. The van der Waals surface area contributed by atoms with Crippen molar-refractivity contribution in [1.82, 2.24) is 0 Å². The number of ether oxygens (including phenoxy) is 2. The minimum Gasteiger partial charge on any atom is -0.486 e. The zero-order valence-corrected chi connectivity index (χ0v) is 12.3. The number of anilines is 1. The van der Waals surface area contributed by atoms with Gasteiger partial charge in [-0.2, -0.15) is 0 Å². The van der Waals surface area contributed by atoms with Gasteiger partial charge in [0.25, 0.3) is 5.91 Å². The smallest absolute Gasteiger partial charge is 0.261 e. The maximum Gasteiger partial charge on any atom is 0.261 e. The Morgan fingerprint density at radius 1 is 1.14 bits per heavy atom. The molecule has 0 fully saturated rings. The SMILES string of the molecule is CN(C(=O)c1cccc2c1OCCO2)c1cccc(Cl)c1. The van der Waals surface area contributed by atoms with Crippen LogP contribution in [0.15, 0.2) is 42.5 Å². The molecule has 3 rings (SSSR count). The van der Waals surface area contributed by atoms with E-state index < -0.39 is 0 Å². The van der Waals surface area contributed by atoms with Gasteiger partial charge in [0.2, 0.25) is 0 Å². The Morgan fingerprint density at radius 2 is 1.90 bits per heavy atom. The fourth-order valence-electron chi connectivity index (χ4n) is 2.22. The van der Waals surface area contributed by atoms with Crippen LogP contribution in [0.1, 0.15) is 10.4 Å². The molecule has 1 heterocycles. The van der Waals surface area contributed by atoms with Gasteiger partial charge in [-0.1, -0.05) is 23.7 Å². The average molecular weight is 304 g/mol. The summed E-state index contributed by atoms with van der Waals surface area (Å²) in [6, 6.07) is 12.5. The van der Waals surface area contributed by atoms with Crippen LogP contribution in [0.3, 0.4) is 0 Å². The number of rotatable bonds is 2. The lowest BCUT2D eigenvalue weighted by atomic mass is 10.1. The Balaban J connectivity index is 1.95. The van der Waals surface area contributed by atoms with Crippen LogP contribution in [-0.2, 0) is 0 Å². The van der Waals surface area contributed by atoms with Gasteiger partial charge in [-0.3, -0.25) is 4.79 Å². The third-order valence-corrected chi connectivity index (χ3v) is 3.53. The minimum absolute atomic E-state index is 0.167. The lowest BCUT2D eigenvalue weighted by Gasteiger charge is -2.23. The molecule has 0 unspecified atom stereocenters. The molecule has 0 spiro atoms. The van der Waals surface area contributed by atoms with Crippen molar-refractivity contribution in [2.75, 3.05) is 25.2 Å². The second-order valence-electron chi connectivity index (χ2n) is 4.67. The summed E-state index contributed by atoms with van der Waals surface area (Å²) in [4.78, 5) is 14.2. The summed E-state index contributed by atoms with van der Waals surface area (Å²) < 4.78 is 11.1. The summed E-state index contributed by atoms with van der Waals surface area (Å²) in [6.45, 7) is 0.937. The highest BCUT2D eigenvalue weighted by atomic mass is 35.5. The summed E-state index contributed by atoms with van der Waals surface area (Å²) in [7, 11) is 1.71. The van der Waals surface area contributed by atoms with Gasteiger partial charge in [-0.25, -0.2) is 0 Å². The predicted octanol–water partition coefficient (Wildman–Crippen LogP) is 3.39. The predicted molar refractivity (Wildman–Crippen MR) is 81.6 cm³/mol. The fourth-order valence-corrected chi connectivity index (χ4v) is 2.41. The van der Waals surface area contributed by atoms with E-state index in [-0.39, 0.29) is 5.91 Å². The van der Waals surface area contributed by atoms with E-state index in [0.29, 0.717) is 35.3 Å². The molecule has 0 atom stereocenters. The van der Waals surface area contributed by atoms with E-state index in [1.807, 2.05) is 12.1 Å². The largest absolute Gasteiger partial charge is 0.486 e. The van der Waals surface area contributed by atoms with Gasteiger partial charge in [0.15, 0.2) is 11.5 Å². The highest BCUT2D eigenvalue weighted by Gasteiger charge is 2.23. The van der Waals surface area contributed by atoms with Crippen LogP contribution in [0, 0.1) is 0 Å². The zero-order valence-electron chi connectivity index (χ0n) is 11.5. The molecule has 4 nitrogen and oxygen atoms in total. The van der Waals surface area contributed by atoms with Crippen molar-refractivity contribution >= 4 is 23.2 Å². The first kappa shape index (κ1) is 13.8. The maximum absolute atomic E-state index is 12.7. The molecule has 2 aromatic carbocycles. The van der Waals surface area contributed by atoms with Crippen LogP contribution in [0.4, 0.5) is 5.69 Å². The topological polar surface area (TPSA) is 38.8 Å². The first-order valence-corrected chi connectivity index (χ1v) is 6.97. The molecule has 0 N–H and O–H groups in total. The number of halogens is 1. The van der Waals surface area contributed by atoms with Crippen LogP contribution in [0.25, 0.3) is 0 Å². The summed E-state index contributed by atoms with van der Waals surface area (Å²) >= 11 is 5.97. The summed E-state index contributed by atoms with van der Waals surface area (Å²) in [5.74, 6) is 0.939. The Morgan fingerprint density at radius 3 is 2.71 bits per heavy atom. The quantitative estimate of drug-likeness (QED) is 0.853. The number of nitrogens with zero attached hydrogens (tertiary/aromatic N) is 1. The third kappa shape index (κ3) is 2.67. The van der Waals surface area contributed by atoms with Crippen molar-refractivity contribution in [3.63, 3.8) is 0 Å². The Hall–Kier alpha value is -2.20. The molecule has 0 saturated carbocycles. The second kappa shape index (κ2) is 5.66. The number of hydrogen-bond acceptors (Lipinski definition) is 3. The molecule has 0 radical (unpaired) electrons. The molecule has 2 aromatic rings. The molecule has 1 amide bonds. The third-order valence-electron chi connectivity index (χ3n) is 3.30. The minimum atomic E-state index is -0.167. The van der Waals surface area contributed by atoms with Crippen LogP contribution in [0.5, 0.6) is 11.5 Å². The van der Waals surface area contributed by atoms with Crippen molar-refractivity contribution in [3.05, 3.63) is 53.1 Å². The molecule has 1 aliphatic heterocycles. The van der Waals surface area contributed by atoms with Crippen LogP contribution >= 0.6 is 11.6 Å². The van der Waals surface area contributed by atoms with E-state index >= 15 is 0 Å². The number of carbonyl (C=O) groups excluding carboxylic acids is 1. The fraction of sp³-hybridized carbons (Fsp3) is 0.188. The van der Waals surface area contributed by atoms with E-state index in [1.165, 1.54) is 0 Å². The van der Waals surface area contributed by atoms with Crippen LogP contribution in [0.2, 0.25) is 5.02 Å². The van der Waals surface area contributed by atoms with E-state index in [0.717, 1.165) is 5.69 Å². The van der Waals surface area contributed by atoms with Crippen molar-refractivity contribution < 1.29 is 14.3 Å². The van der Waals surface area contributed by atoms with Crippen LogP contribution in [-0.4, -0.2) is 26.2 Å². The summed E-state index contributed by atoms with van der Waals surface area (Å²) in [6.07, 6.45) is 0. The molecule has 5 heteroatoms.